The molecule has 0 fully saturated rings. The predicted molar refractivity (Wildman–Crippen MR) is 60.6 cm³/mol. The van der Waals surface area contributed by atoms with Crippen LogP contribution in [0.4, 0.5) is 0 Å². The molecule has 14 heavy (non-hydrogen) atoms. The molecule has 1 amide bonds. The Morgan fingerprint density at radius 3 is 2.64 bits per heavy atom. The molecule has 0 heterocycles. The minimum absolute atomic E-state index is 0.0403. The molecule has 0 unspecified atom stereocenters. The molecular weight excluding hydrogens is 223 g/mol. The molecule has 2 N–H and O–H groups in total. The highest BCUT2D eigenvalue weighted by atomic mass is 35.5. The SMILES string of the molecule is CC(C)NC(=O)CCNCC(Cl)=CCl. The van der Waals surface area contributed by atoms with E-state index in [0.717, 1.165) is 0 Å². The van der Waals surface area contributed by atoms with E-state index in [9.17, 15) is 4.79 Å². The monoisotopic (exact) mass is 238 g/mol. The third-order valence-corrected chi connectivity index (χ3v) is 2.01. The summed E-state index contributed by atoms with van der Waals surface area (Å²) in [7, 11) is 0. The van der Waals surface area contributed by atoms with E-state index in [1.165, 1.54) is 5.54 Å². The zero-order valence-corrected chi connectivity index (χ0v) is 9.95. The number of nitrogens with one attached hydrogen (secondary N) is 2. The Morgan fingerprint density at radius 1 is 1.50 bits per heavy atom. The van der Waals surface area contributed by atoms with Gasteiger partial charge in [0.15, 0.2) is 0 Å². The van der Waals surface area contributed by atoms with E-state index >= 15 is 0 Å². The van der Waals surface area contributed by atoms with Gasteiger partial charge in [0.2, 0.25) is 5.91 Å². The van der Waals surface area contributed by atoms with E-state index in [1.807, 2.05) is 13.8 Å². The Balaban J connectivity index is 3.41. The van der Waals surface area contributed by atoms with Crippen molar-refractivity contribution in [1.29, 1.82) is 0 Å². The standard InChI is InChI=1S/C9H16Cl2N2O/c1-7(2)13-9(14)3-4-12-6-8(11)5-10/h5,7,12H,3-4,6H2,1-2H3,(H,13,14). The van der Waals surface area contributed by atoms with Crippen molar-refractivity contribution in [3.63, 3.8) is 0 Å². The first-order valence-corrected chi connectivity index (χ1v) is 5.32. The smallest absolute Gasteiger partial charge is 0.221 e. The van der Waals surface area contributed by atoms with Gasteiger partial charge in [-0.25, -0.2) is 0 Å². The number of carbonyl (C=O) groups excluding carboxylic acids is 1. The number of hydrogen-bond donors (Lipinski definition) is 2. The Bertz CT molecular complexity index is 205. The van der Waals surface area contributed by atoms with Crippen LogP contribution in [0.15, 0.2) is 10.6 Å². The maximum atomic E-state index is 11.1. The highest BCUT2D eigenvalue weighted by Crippen LogP contribution is 1.99. The van der Waals surface area contributed by atoms with Crippen molar-refractivity contribution < 1.29 is 4.79 Å². The largest absolute Gasteiger partial charge is 0.354 e. The molecule has 3 nitrogen and oxygen atoms in total. The molecule has 0 aliphatic carbocycles. The fourth-order valence-corrected chi connectivity index (χ4v) is 1.01. The van der Waals surface area contributed by atoms with Gasteiger partial charge in [-0.15, -0.1) is 0 Å². The summed E-state index contributed by atoms with van der Waals surface area (Å²) in [5, 5.41) is 6.32. The average Bonchev–Trinajstić information content (AvgIpc) is 2.10. The van der Waals surface area contributed by atoms with Crippen LogP contribution in [0.25, 0.3) is 0 Å². The van der Waals surface area contributed by atoms with Gasteiger partial charge in [-0.05, 0) is 13.8 Å². The van der Waals surface area contributed by atoms with Gasteiger partial charge in [0.1, 0.15) is 0 Å². The zero-order chi connectivity index (χ0) is 11.0. The zero-order valence-electron chi connectivity index (χ0n) is 8.44. The summed E-state index contributed by atoms with van der Waals surface area (Å²) in [5.74, 6) is 0.0403. The molecule has 0 atom stereocenters. The van der Waals surface area contributed by atoms with Crippen molar-refractivity contribution >= 4 is 29.1 Å². The second kappa shape index (κ2) is 8.09. The van der Waals surface area contributed by atoms with Crippen LogP contribution in [0.5, 0.6) is 0 Å². The van der Waals surface area contributed by atoms with Crippen LogP contribution < -0.4 is 10.6 Å². The van der Waals surface area contributed by atoms with E-state index < -0.39 is 0 Å². The Hall–Kier alpha value is -0.250. The lowest BCUT2D eigenvalue weighted by atomic mass is 10.3. The average molecular weight is 239 g/mol. The van der Waals surface area contributed by atoms with Gasteiger partial charge in [-0.3, -0.25) is 4.79 Å². The fourth-order valence-electron chi connectivity index (χ4n) is 0.842. The van der Waals surface area contributed by atoms with Crippen molar-refractivity contribution in [3.05, 3.63) is 10.6 Å². The Kier molecular flexibility index (Phi) is 7.95. The van der Waals surface area contributed by atoms with Crippen molar-refractivity contribution in [2.24, 2.45) is 0 Å². The normalized spacial score (nSPS) is 11.9. The van der Waals surface area contributed by atoms with Crippen LogP contribution in [0, 0.1) is 0 Å². The van der Waals surface area contributed by atoms with Crippen LogP contribution in [-0.2, 0) is 4.79 Å². The first-order valence-electron chi connectivity index (χ1n) is 4.51. The van der Waals surface area contributed by atoms with Gasteiger partial charge in [0, 0.05) is 36.1 Å². The molecule has 0 aliphatic rings. The molecule has 0 bridgehead atoms. The number of amides is 1. The highest BCUT2D eigenvalue weighted by molar-refractivity contribution is 6.36. The van der Waals surface area contributed by atoms with Crippen LogP contribution >= 0.6 is 23.2 Å². The van der Waals surface area contributed by atoms with E-state index in [0.29, 0.717) is 24.5 Å². The minimum Gasteiger partial charge on any atom is -0.354 e. The summed E-state index contributed by atoms with van der Waals surface area (Å²) >= 11 is 11.0. The molecule has 0 saturated heterocycles. The lowest BCUT2D eigenvalue weighted by Crippen LogP contribution is -2.32. The highest BCUT2D eigenvalue weighted by Gasteiger charge is 2.01. The van der Waals surface area contributed by atoms with Gasteiger partial charge in [0.25, 0.3) is 0 Å². The molecular formula is C9H16Cl2N2O. The summed E-state index contributed by atoms with van der Waals surface area (Å²) in [4.78, 5) is 11.1. The third kappa shape index (κ3) is 8.35. The topological polar surface area (TPSA) is 41.1 Å². The number of carbonyl (C=O) groups is 1. The summed E-state index contributed by atoms with van der Waals surface area (Å²) in [5.41, 5.74) is 1.31. The molecule has 82 valence electrons. The molecule has 0 aromatic rings. The van der Waals surface area contributed by atoms with Crippen LogP contribution in [0.1, 0.15) is 20.3 Å². The molecule has 5 heteroatoms. The first kappa shape index (κ1) is 13.8. The van der Waals surface area contributed by atoms with Crippen molar-refractivity contribution in [2.45, 2.75) is 26.3 Å². The van der Waals surface area contributed by atoms with Crippen LogP contribution in [0.2, 0.25) is 0 Å². The van der Waals surface area contributed by atoms with Crippen molar-refractivity contribution in [3.8, 4) is 0 Å². The number of rotatable bonds is 6. The molecule has 0 rings (SSSR count). The second-order valence-corrected chi connectivity index (χ2v) is 3.91. The molecule has 0 saturated carbocycles. The van der Waals surface area contributed by atoms with Gasteiger partial charge in [0.05, 0.1) is 0 Å². The molecule has 0 spiro atoms. The maximum absolute atomic E-state index is 11.1. The summed E-state index contributed by atoms with van der Waals surface area (Å²) in [6.45, 7) is 4.95. The maximum Gasteiger partial charge on any atom is 0.221 e. The van der Waals surface area contributed by atoms with Gasteiger partial charge in [-0.2, -0.15) is 0 Å². The quantitative estimate of drug-likeness (QED) is 0.694. The lowest BCUT2D eigenvalue weighted by molar-refractivity contribution is -0.121. The fraction of sp³-hybridized carbons (Fsp3) is 0.667. The van der Waals surface area contributed by atoms with E-state index in [4.69, 9.17) is 23.2 Å². The minimum atomic E-state index is 0.0403. The third-order valence-electron chi connectivity index (χ3n) is 1.39. The number of halogens is 2. The summed E-state index contributed by atoms with van der Waals surface area (Å²) in [6, 6.07) is 0.189. The molecule has 0 aromatic carbocycles. The lowest BCUT2D eigenvalue weighted by Gasteiger charge is -2.08. The molecule has 0 aliphatic heterocycles. The van der Waals surface area contributed by atoms with E-state index in [-0.39, 0.29) is 11.9 Å². The van der Waals surface area contributed by atoms with Crippen LogP contribution in [0.3, 0.4) is 0 Å². The molecule has 0 radical (unpaired) electrons. The summed E-state index contributed by atoms with van der Waals surface area (Å²) < 4.78 is 0. The van der Waals surface area contributed by atoms with Crippen molar-refractivity contribution in [1.82, 2.24) is 10.6 Å². The number of hydrogen-bond acceptors (Lipinski definition) is 2. The van der Waals surface area contributed by atoms with Gasteiger partial charge in [-0.1, -0.05) is 23.2 Å². The first-order chi connectivity index (χ1) is 6.56. The van der Waals surface area contributed by atoms with E-state index in [1.54, 1.807) is 0 Å². The second-order valence-electron chi connectivity index (χ2n) is 3.20. The predicted octanol–water partition coefficient (Wildman–Crippen LogP) is 1.81. The van der Waals surface area contributed by atoms with Crippen molar-refractivity contribution in [2.75, 3.05) is 13.1 Å². The Labute approximate surface area is 94.8 Å². The Morgan fingerprint density at radius 2 is 2.14 bits per heavy atom. The summed E-state index contributed by atoms with van der Waals surface area (Å²) in [6.07, 6.45) is 0.449. The van der Waals surface area contributed by atoms with Gasteiger partial charge >= 0.3 is 0 Å². The van der Waals surface area contributed by atoms with Gasteiger partial charge < -0.3 is 10.6 Å². The van der Waals surface area contributed by atoms with E-state index in [2.05, 4.69) is 10.6 Å². The van der Waals surface area contributed by atoms with Crippen LogP contribution in [-0.4, -0.2) is 25.0 Å². The molecule has 0 aromatic heterocycles.